The van der Waals surface area contributed by atoms with E-state index in [2.05, 4.69) is 10.7 Å². The van der Waals surface area contributed by atoms with Crippen LogP contribution >= 0.6 is 58.8 Å². The Morgan fingerprint density at radius 2 is 1.74 bits per heavy atom. The van der Waals surface area contributed by atoms with Crippen molar-refractivity contribution in [3.05, 3.63) is 110 Å². The van der Waals surface area contributed by atoms with Crippen molar-refractivity contribution in [3.63, 3.8) is 0 Å². The Balaban J connectivity index is 1.39. The highest BCUT2D eigenvalue weighted by molar-refractivity contribution is 8.26. The van der Waals surface area contributed by atoms with Gasteiger partial charge in [-0.15, -0.1) is 0 Å². The topological polar surface area (TPSA) is 70.7 Å². The highest BCUT2D eigenvalue weighted by atomic mass is 35.5. The van der Waals surface area contributed by atoms with E-state index < -0.39 is 11.9 Å². The Hall–Kier alpha value is -3.27. The first kappa shape index (κ1) is 27.3. The number of fused-ring (bicyclic) bond motifs is 1. The molecule has 39 heavy (non-hydrogen) atoms. The Kier molecular flexibility index (Phi) is 8.30. The second kappa shape index (κ2) is 11.9. The Bertz CT molecular complexity index is 1640. The van der Waals surface area contributed by atoms with Crippen molar-refractivity contribution in [2.45, 2.75) is 6.61 Å². The van der Waals surface area contributed by atoms with Crippen molar-refractivity contribution in [2.75, 3.05) is 5.32 Å². The lowest BCUT2D eigenvalue weighted by atomic mass is 10.0. The van der Waals surface area contributed by atoms with E-state index in [0.29, 0.717) is 33.0 Å². The van der Waals surface area contributed by atoms with Gasteiger partial charge in [-0.2, -0.15) is 5.01 Å². The van der Waals surface area contributed by atoms with Crippen molar-refractivity contribution in [1.29, 1.82) is 0 Å². The first-order valence-corrected chi connectivity index (χ1v) is 13.8. The summed E-state index contributed by atoms with van der Waals surface area (Å²) in [6.07, 6.45) is 1.73. The first-order valence-electron chi connectivity index (χ1n) is 11.5. The number of carbonyl (C=O) groups is 2. The number of halogens is 3. The summed E-state index contributed by atoms with van der Waals surface area (Å²) in [7, 11) is 0. The van der Waals surface area contributed by atoms with Gasteiger partial charge in [0.25, 0.3) is 5.91 Å². The van der Waals surface area contributed by atoms with Crippen LogP contribution in [0.2, 0.25) is 15.1 Å². The molecule has 4 aromatic carbocycles. The van der Waals surface area contributed by atoms with Crippen molar-refractivity contribution in [2.24, 2.45) is 0 Å². The lowest BCUT2D eigenvalue weighted by Gasteiger charge is -2.16. The molecule has 3 amide bonds. The van der Waals surface area contributed by atoms with E-state index >= 15 is 0 Å². The van der Waals surface area contributed by atoms with Crippen molar-refractivity contribution in [3.8, 4) is 5.75 Å². The molecule has 1 saturated heterocycles. The summed E-state index contributed by atoms with van der Waals surface area (Å²) in [4.78, 5) is 26.2. The van der Waals surface area contributed by atoms with Crippen molar-refractivity contribution >= 4 is 97.6 Å². The maximum atomic E-state index is 13.3. The average Bonchev–Trinajstić information content (AvgIpc) is 3.18. The van der Waals surface area contributed by atoms with Gasteiger partial charge in [-0.05, 0) is 71.0 Å². The molecule has 196 valence electrons. The van der Waals surface area contributed by atoms with E-state index in [0.717, 1.165) is 38.7 Å². The fourth-order valence-corrected chi connectivity index (χ4v) is 5.41. The lowest BCUT2D eigenvalue weighted by molar-refractivity contribution is -0.123. The summed E-state index contributed by atoms with van der Waals surface area (Å²) in [5, 5.41) is 6.81. The second-order valence-electron chi connectivity index (χ2n) is 8.33. The number of nitrogens with one attached hydrogen (secondary N) is 2. The second-order valence-corrected chi connectivity index (χ2v) is 11.3. The standard InChI is InChI=1S/C28H18Cl3N3O3S2/c29-18-8-5-16(6-9-18)15-37-24-12-7-17-3-1-2-4-20(17)21(24)14-25-26(35)34(28(38)39-25)33-27(36)32-19-10-11-22(30)23(31)13-19/h1-14H,15H2,(H2,32,33,36)/b25-14+. The van der Waals surface area contributed by atoms with Crippen LogP contribution in [0.3, 0.4) is 0 Å². The number of hydrogen-bond donors (Lipinski definition) is 2. The third-order valence-corrected chi connectivity index (χ3v) is 7.99. The molecule has 0 atom stereocenters. The van der Waals surface area contributed by atoms with Gasteiger partial charge in [-0.3, -0.25) is 4.79 Å². The number of benzene rings is 4. The van der Waals surface area contributed by atoms with Gasteiger partial charge in [-0.25, -0.2) is 10.2 Å². The molecule has 6 nitrogen and oxygen atoms in total. The van der Waals surface area contributed by atoms with Crippen LogP contribution in [0, 0.1) is 0 Å². The molecule has 11 heteroatoms. The minimum absolute atomic E-state index is 0.180. The Labute approximate surface area is 248 Å². The van der Waals surface area contributed by atoms with Gasteiger partial charge in [0.2, 0.25) is 0 Å². The zero-order valence-corrected chi connectivity index (χ0v) is 23.8. The van der Waals surface area contributed by atoms with Crippen LogP contribution in [0.5, 0.6) is 5.75 Å². The van der Waals surface area contributed by atoms with Crippen LogP contribution in [0.1, 0.15) is 11.1 Å². The predicted octanol–water partition coefficient (Wildman–Crippen LogP) is 8.32. The van der Waals surface area contributed by atoms with Crippen LogP contribution < -0.4 is 15.5 Å². The van der Waals surface area contributed by atoms with Gasteiger partial charge in [0.15, 0.2) is 4.32 Å². The third kappa shape index (κ3) is 6.32. The van der Waals surface area contributed by atoms with Crippen LogP contribution in [-0.2, 0) is 11.4 Å². The minimum Gasteiger partial charge on any atom is -0.488 e. The molecule has 0 saturated carbocycles. The number of carbonyl (C=O) groups excluding carboxylic acids is 2. The van der Waals surface area contributed by atoms with Gasteiger partial charge in [0.05, 0.1) is 15.0 Å². The van der Waals surface area contributed by atoms with E-state index in [1.54, 1.807) is 30.3 Å². The maximum Gasteiger partial charge on any atom is 0.338 e. The molecule has 2 N–H and O–H groups in total. The minimum atomic E-state index is -0.664. The molecule has 4 aromatic rings. The molecule has 0 spiro atoms. The zero-order chi connectivity index (χ0) is 27.5. The van der Waals surface area contributed by atoms with Gasteiger partial charge in [-0.1, -0.05) is 89.0 Å². The number of thioether (sulfide) groups is 1. The summed E-state index contributed by atoms with van der Waals surface area (Å²) >= 11 is 24.4. The summed E-state index contributed by atoms with van der Waals surface area (Å²) < 4.78 is 6.34. The van der Waals surface area contributed by atoms with Crippen LogP contribution in [-0.4, -0.2) is 21.3 Å². The normalized spacial score (nSPS) is 14.2. The number of amides is 3. The molecule has 1 fully saturated rings. The molecule has 0 unspecified atom stereocenters. The van der Waals surface area contributed by atoms with Crippen LogP contribution in [0.4, 0.5) is 10.5 Å². The third-order valence-electron chi connectivity index (χ3n) is 5.70. The average molecular weight is 615 g/mol. The summed E-state index contributed by atoms with van der Waals surface area (Å²) in [6.45, 7) is 0.313. The molecule has 5 rings (SSSR count). The zero-order valence-electron chi connectivity index (χ0n) is 19.9. The lowest BCUT2D eigenvalue weighted by Crippen LogP contribution is -2.46. The smallest absolute Gasteiger partial charge is 0.338 e. The van der Waals surface area contributed by atoms with E-state index in [1.807, 2.05) is 48.5 Å². The molecule has 0 aromatic heterocycles. The Morgan fingerprint density at radius 3 is 2.51 bits per heavy atom. The molecular formula is C28H18Cl3N3O3S2. The molecule has 0 aliphatic carbocycles. The fourth-order valence-electron chi connectivity index (χ4n) is 3.82. The van der Waals surface area contributed by atoms with Crippen LogP contribution in [0.15, 0.2) is 83.8 Å². The van der Waals surface area contributed by atoms with Crippen LogP contribution in [0.25, 0.3) is 16.8 Å². The summed E-state index contributed by atoms with van der Waals surface area (Å²) in [5.41, 5.74) is 4.57. The number of urea groups is 1. The van der Waals surface area contributed by atoms with E-state index in [-0.39, 0.29) is 9.34 Å². The number of anilines is 1. The quantitative estimate of drug-likeness (QED) is 0.169. The number of ether oxygens (including phenoxy) is 1. The molecule has 1 heterocycles. The first-order chi connectivity index (χ1) is 18.8. The predicted molar refractivity (Wildman–Crippen MR) is 163 cm³/mol. The van der Waals surface area contributed by atoms with E-state index in [9.17, 15) is 9.59 Å². The van der Waals surface area contributed by atoms with Crippen molar-refractivity contribution < 1.29 is 14.3 Å². The monoisotopic (exact) mass is 613 g/mol. The Morgan fingerprint density at radius 1 is 0.974 bits per heavy atom. The van der Waals surface area contributed by atoms with Gasteiger partial charge in [0.1, 0.15) is 12.4 Å². The van der Waals surface area contributed by atoms with Gasteiger partial charge >= 0.3 is 6.03 Å². The molecule has 1 aliphatic rings. The maximum absolute atomic E-state index is 13.3. The highest BCUT2D eigenvalue weighted by Gasteiger charge is 2.34. The molecule has 1 aliphatic heterocycles. The largest absolute Gasteiger partial charge is 0.488 e. The van der Waals surface area contributed by atoms with Gasteiger partial charge in [0, 0.05) is 16.3 Å². The summed E-state index contributed by atoms with van der Waals surface area (Å²) in [6, 6.07) is 23.0. The fraction of sp³-hybridized carbons (Fsp3) is 0.0357. The SMILES string of the molecule is O=C(Nc1ccc(Cl)c(Cl)c1)NN1C(=O)/C(=C\c2c(OCc3ccc(Cl)cc3)ccc3ccccc23)SC1=S. The number of thiocarbonyl (C=S) groups is 1. The number of rotatable bonds is 6. The molecule has 0 bridgehead atoms. The number of hydrazine groups is 1. The van der Waals surface area contributed by atoms with E-state index in [1.165, 1.54) is 6.07 Å². The van der Waals surface area contributed by atoms with Gasteiger partial charge < -0.3 is 10.1 Å². The number of hydrogen-bond acceptors (Lipinski definition) is 5. The number of nitrogens with zero attached hydrogens (tertiary/aromatic N) is 1. The summed E-state index contributed by atoms with van der Waals surface area (Å²) in [5.74, 6) is 0.130. The van der Waals surface area contributed by atoms with E-state index in [4.69, 9.17) is 51.8 Å². The molecular weight excluding hydrogens is 597 g/mol. The molecule has 0 radical (unpaired) electrons. The highest BCUT2D eigenvalue weighted by Crippen LogP contribution is 2.37. The van der Waals surface area contributed by atoms with Crippen molar-refractivity contribution in [1.82, 2.24) is 10.4 Å².